The standard InChI is InChI=1S/C20H28FNO/c1-4-20(9-6-5-7-10-20)22-11-8-16(2)15-23-19-13-17(3)12-18(21)14-19/h1,12-14,16,22H,5-11,15H2,2-3H3/t16-/m1/s1. The first-order valence-electron chi connectivity index (χ1n) is 8.66. The van der Waals surface area contributed by atoms with Gasteiger partial charge in [0.2, 0.25) is 0 Å². The van der Waals surface area contributed by atoms with Crippen LogP contribution in [0.2, 0.25) is 0 Å². The lowest BCUT2D eigenvalue weighted by atomic mass is 9.82. The Balaban J connectivity index is 1.72. The Morgan fingerprint density at radius 3 is 2.70 bits per heavy atom. The van der Waals surface area contributed by atoms with Gasteiger partial charge in [-0.25, -0.2) is 4.39 Å². The summed E-state index contributed by atoms with van der Waals surface area (Å²) in [5.74, 6) is 3.73. The van der Waals surface area contributed by atoms with Gasteiger partial charge in [-0.15, -0.1) is 6.42 Å². The summed E-state index contributed by atoms with van der Waals surface area (Å²) in [6, 6.07) is 4.81. The molecule has 1 atom stereocenters. The number of nitrogens with one attached hydrogen (secondary N) is 1. The Hall–Kier alpha value is -1.53. The number of halogens is 1. The van der Waals surface area contributed by atoms with Crippen molar-refractivity contribution in [2.24, 2.45) is 5.92 Å². The van der Waals surface area contributed by atoms with E-state index >= 15 is 0 Å². The molecule has 126 valence electrons. The van der Waals surface area contributed by atoms with E-state index in [9.17, 15) is 4.39 Å². The Morgan fingerprint density at radius 2 is 2.04 bits per heavy atom. The maximum atomic E-state index is 13.3. The van der Waals surface area contributed by atoms with E-state index in [1.54, 1.807) is 0 Å². The first kappa shape index (κ1) is 17.8. The third-order valence-corrected chi connectivity index (χ3v) is 4.63. The zero-order valence-corrected chi connectivity index (χ0v) is 14.3. The van der Waals surface area contributed by atoms with Crippen LogP contribution in [0.4, 0.5) is 4.39 Å². The molecule has 0 bridgehead atoms. The first-order chi connectivity index (χ1) is 11.0. The zero-order valence-electron chi connectivity index (χ0n) is 14.3. The Labute approximate surface area is 139 Å². The highest BCUT2D eigenvalue weighted by atomic mass is 19.1. The molecule has 0 aromatic heterocycles. The molecule has 0 unspecified atom stereocenters. The lowest BCUT2D eigenvalue weighted by molar-refractivity contribution is 0.239. The molecule has 0 aliphatic heterocycles. The summed E-state index contributed by atoms with van der Waals surface area (Å²) in [5.41, 5.74) is 0.779. The molecule has 23 heavy (non-hydrogen) atoms. The number of rotatable bonds is 7. The van der Waals surface area contributed by atoms with Crippen LogP contribution < -0.4 is 10.1 Å². The summed E-state index contributed by atoms with van der Waals surface area (Å²) in [5, 5.41) is 3.58. The molecular weight excluding hydrogens is 289 g/mol. The Kier molecular flexibility index (Phi) is 6.47. The predicted molar refractivity (Wildman–Crippen MR) is 93.1 cm³/mol. The van der Waals surface area contributed by atoms with Gasteiger partial charge in [-0.1, -0.05) is 32.1 Å². The van der Waals surface area contributed by atoms with Crippen molar-refractivity contribution in [3.63, 3.8) is 0 Å². The van der Waals surface area contributed by atoms with Crippen LogP contribution >= 0.6 is 0 Å². The van der Waals surface area contributed by atoms with Gasteiger partial charge in [-0.2, -0.15) is 0 Å². The predicted octanol–water partition coefficient (Wildman–Crippen LogP) is 4.46. The van der Waals surface area contributed by atoms with Crippen LogP contribution in [0.5, 0.6) is 5.75 Å². The molecule has 0 saturated heterocycles. The molecule has 0 radical (unpaired) electrons. The lowest BCUT2D eigenvalue weighted by Crippen LogP contribution is -2.46. The highest BCUT2D eigenvalue weighted by molar-refractivity contribution is 5.28. The largest absolute Gasteiger partial charge is 0.493 e. The molecule has 2 nitrogen and oxygen atoms in total. The molecule has 1 saturated carbocycles. The number of hydrogen-bond acceptors (Lipinski definition) is 2. The number of ether oxygens (including phenoxy) is 1. The maximum Gasteiger partial charge on any atom is 0.127 e. The minimum Gasteiger partial charge on any atom is -0.493 e. The molecule has 1 fully saturated rings. The van der Waals surface area contributed by atoms with Gasteiger partial charge in [0.25, 0.3) is 0 Å². The van der Waals surface area contributed by atoms with Crippen molar-refractivity contribution in [1.29, 1.82) is 0 Å². The van der Waals surface area contributed by atoms with Crippen LogP contribution in [0.3, 0.4) is 0 Å². The SMILES string of the molecule is C#CC1(NCC[C@@H](C)COc2cc(C)cc(F)c2)CCCCC1. The van der Waals surface area contributed by atoms with Gasteiger partial charge in [0, 0.05) is 6.07 Å². The topological polar surface area (TPSA) is 21.3 Å². The second kappa shape index (κ2) is 8.36. The zero-order chi connectivity index (χ0) is 16.7. The van der Waals surface area contributed by atoms with Crippen LogP contribution in [-0.4, -0.2) is 18.7 Å². The average Bonchev–Trinajstić information content (AvgIpc) is 2.53. The molecule has 1 N–H and O–H groups in total. The number of hydrogen-bond donors (Lipinski definition) is 1. The van der Waals surface area contributed by atoms with E-state index in [1.165, 1.54) is 31.4 Å². The van der Waals surface area contributed by atoms with E-state index in [0.29, 0.717) is 18.3 Å². The third-order valence-electron chi connectivity index (χ3n) is 4.63. The van der Waals surface area contributed by atoms with Crippen molar-refractivity contribution < 1.29 is 9.13 Å². The number of aryl methyl sites for hydroxylation is 1. The van der Waals surface area contributed by atoms with Crippen LogP contribution in [0.15, 0.2) is 18.2 Å². The smallest absolute Gasteiger partial charge is 0.127 e. The van der Waals surface area contributed by atoms with Crippen molar-refractivity contribution in [3.05, 3.63) is 29.6 Å². The number of terminal acetylenes is 1. The Morgan fingerprint density at radius 1 is 1.30 bits per heavy atom. The van der Waals surface area contributed by atoms with Gasteiger partial charge in [-0.05, 0) is 56.3 Å². The lowest BCUT2D eigenvalue weighted by Gasteiger charge is -2.34. The summed E-state index contributed by atoms with van der Waals surface area (Å²) in [6.07, 6.45) is 12.6. The summed E-state index contributed by atoms with van der Waals surface area (Å²) < 4.78 is 19.0. The van der Waals surface area contributed by atoms with E-state index in [4.69, 9.17) is 11.2 Å². The fraction of sp³-hybridized carbons (Fsp3) is 0.600. The van der Waals surface area contributed by atoms with Gasteiger partial charge >= 0.3 is 0 Å². The second-order valence-electron chi connectivity index (χ2n) is 6.88. The van der Waals surface area contributed by atoms with Gasteiger partial charge < -0.3 is 10.1 Å². The molecule has 1 aliphatic carbocycles. The second-order valence-corrected chi connectivity index (χ2v) is 6.88. The van der Waals surface area contributed by atoms with Crippen LogP contribution in [0, 0.1) is 31.0 Å². The van der Waals surface area contributed by atoms with Gasteiger partial charge in [-0.3, -0.25) is 0 Å². The van der Waals surface area contributed by atoms with Crippen LogP contribution in [0.1, 0.15) is 51.0 Å². The fourth-order valence-corrected chi connectivity index (χ4v) is 3.19. The summed E-state index contributed by atoms with van der Waals surface area (Å²) >= 11 is 0. The van der Waals surface area contributed by atoms with E-state index in [2.05, 4.69) is 18.2 Å². The molecule has 3 heteroatoms. The summed E-state index contributed by atoms with van der Waals surface area (Å²) in [4.78, 5) is 0. The third kappa shape index (κ3) is 5.55. The normalized spacial score (nSPS) is 18.2. The van der Waals surface area contributed by atoms with Crippen molar-refractivity contribution in [3.8, 4) is 18.1 Å². The van der Waals surface area contributed by atoms with Crippen molar-refractivity contribution in [2.75, 3.05) is 13.2 Å². The summed E-state index contributed by atoms with van der Waals surface area (Å²) in [6.45, 7) is 5.51. The fourth-order valence-electron chi connectivity index (χ4n) is 3.19. The van der Waals surface area contributed by atoms with Gasteiger partial charge in [0.15, 0.2) is 0 Å². The first-order valence-corrected chi connectivity index (χ1v) is 8.66. The molecule has 0 heterocycles. The van der Waals surface area contributed by atoms with Crippen LogP contribution in [0.25, 0.3) is 0 Å². The summed E-state index contributed by atoms with van der Waals surface area (Å²) in [7, 11) is 0. The molecule has 1 aromatic rings. The maximum absolute atomic E-state index is 13.3. The number of benzene rings is 1. The van der Waals surface area contributed by atoms with Gasteiger partial charge in [0.1, 0.15) is 11.6 Å². The highest BCUT2D eigenvalue weighted by Gasteiger charge is 2.28. The van der Waals surface area contributed by atoms with E-state index in [-0.39, 0.29) is 11.4 Å². The van der Waals surface area contributed by atoms with Crippen molar-refractivity contribution in [1.82, 2.24) is 5.32 Å². The average molecular weight is 317 g/mol. The minimum absolute atomic E-state index is 0.0987. The molecule has 1 aromatic carbocycles. The van der Waals surface area contributed by atoms with E-state index in [0.717, 1.165) is 31.4 Å². The van der Waals surface area contributed by atoms with Crippen molar-refractivity contribution in [2.45, 2.75) is 57.9 Å². The molecule has 1 aliphatic rings. The monoisotopic (exact) mass is 317 g/mol. The molecule has 2 rings (SSSR count). The van der Waals surface area contributed by atoms with Gasteiger partial charge in [0.05, 0.1) is 12.1 Å². The molecule has 0 spiro atoms. The van der Waals surface area contributed by atoms with Crippen molar-refractivity contribution >= 4 is 0 Å². The Bertz CT molecular complexity index is 523. The van der Waals surface area contributed by atoms with E-state index in [1.807, 2.05) is 13.0 Å². The quantitative estimate of drug-likeness (QED) is 0.749. The minimum atomic E-state index is -0.248. The van der Waals surface area contributed by atoms with E-state index < -0.39 is 0 Å². The highest BCUT2D eigenvalue weighted by Crippen LogP contribution is 2.27. The molecule has 0 amide bonds. The molecular formula is C20H28FNO. The van der Waals surface area contributed by atoms with Crippen LogP contribution in [-0.2, 0) is 0 Å².